The predicted octanol–water partition coefficient (Wildman–Crippen LogP) is 1.39. The summed E-state index contributed by atoms with van der Waals surface area (Å²) in [5, 5.41) is 2.78. The van der Waals surface area contributed by atoms with Gasteiger partial charge in [-0.15, -0.1) is 0 Å². The average molecular weight is 213 g/mol. The number of hydrogen-bond donors (Lipinski definition) is 2. The molecular formula is C10H13F2N3. The van der Waals surface area contributed by atoms with Crippen LogP contribution < -0.4 is 11.1 Å². The second kappa shape index (κ2) is 5.29. The van der Waals surface area contributed by atoms with E-state index in [1.807, 2.05) is 6.92 Å². The second-order valence-corrected chi connectivity index (χ2v) is 2.97. The minimum absolute atomic E-state index is 0.102. The highest BCUT2D eigenvalue weighted by molar-refractivity contribution is 5.77. The van der Waals surface area contributed by atoms with Gasteiger partial charge < -0.3 is 11.1 Å². The van der Waals surface area contributed by atoms with Crippen LogP contribution in [0.2, 0.25) is 0 Å². The smallest absolute Gasteiger partial charge is 0.188 e. The molecule has 0 saturated heterocycles. The summed E-state index contributed by atoms with van der Waals surface area (Å²) in [6.45, 7) is 2.63. The van der Waals surface area contributed by atoms with Crippen molar-refractivity contribution in [1.29, 1.82) is 0 Å². The fourth-order valence-electron chi connectivity index (χ4n) is 1.06. The highest BCUT2D eigenvalue weighted by Gasteiger charge is 2.02. The van der Waals surface area contributed by atoms with Crippen LogP contribution in [0.15, 0.2) is 23.2 Å². The predicted molar refractivity (Wildman–Crippen MR) is 55.4 cm³/mol. The molecule has 5 heteroatoms. The molecule has 0 heterocycles. The van der Waals surface area contributed by atoms with Gasteiger partial charge in [0, 0.05) is 18.2 Å². The standard InChI is InChI=1S/C10H13F2N3/c1-2-14-10(13)15-6-7-3-4-8(11)5-9(7)12/h3-5H,2,6H2,1H3,(H3,13,14,15). The number of halogens is 2. The zero-order valence-electron chi connectivity index (χ0n) is 8.43. The number of hydrogen-bond acceptors (Lipinski definition) is 1. The van der Waals surface area contributed by atoms with Gasteiger partial charge in [-0.1, -0.05) is 6.07 Å². The third kappa shape index (κ3) is 3.53. The van der Waals surface area contributed by atoms with E-state index in [-0.39, 0.29) is 12.5 Å². The molecule has 1 aromatic carbocycles. The number of aliphatic imine (C=N–C) groups is 1. The van der Waals surface area contributed by atoms with E-state index in [9.17, 15) is 8.78 Å². The van der Waals surface area contributed by atoms with Crippen molar-refractivity contribution in [3.05, 3.63) is 35.4 Å². The minimum atomic E-state index is -0.608. The van der Waals surface area contributed by atoms with Gasteiger partial charge in [-0.2, -0.15) is 0 Å². The molecule has 0 spiro atoms. The Bertz CT molecular complexity index is 364. The Hall–Kier alpha value is -1.65. The van der Waals surface area contributed by atoms with Crippen LogP contribution in [0.25, 0.3) is 0 Å². The van der Waals surface area contributed by atoms with E-state index in [0.717, 1.165) is 6.07 Å². The van der Waals surface area contributed by atoms with Crippen molar-refractivity contribution in [3.63, 3.8) is 0 Å². The van der Waals surface area contributed by atoms with Crippen molar-refractivity contribution < 1.29 is 8.78 Å². The molecule has 0 aliphatic carbocycles. The van der Waals surface area contributed by atoms with Crippen molar-refractivity contribution in [2.45, 2.75) is 13.5 Å². The van der Waals surface area contributed by atoms with Crippen molar-refractivity contribution in [2.75, 3.05) is 6.54 Å². The maximum absolute atomic E-state index is 13.1. The fraction of sp³-hybridized carbons (Fsp3) is 0.300. The van der Waals surface area contributed by atoms with Gasteiger partial charge >= 0.3 is 0 Å². The molecule has 1 rings (SSSR count). The number of guanidine groups is 1. The van der Waals surface area contributed by atoms with E-state index >= 15 is 0 Å². The summed E-state index contributed by atoms with van der Waals surface area (Å²) in [6.07, 6.45) is 0. The Morgan fingerprint density at radius 3 is 2.80 bits per heavy atom. The van der Waals surface area contributed by atoms with Crippen LogP contribution in [0, 0.1) is 11.6 Å². The summed E-state index contributed by atoms with van der Waals surface area (Å²) in [4.78, 5) is 3.90. The molecule has 0 aliphatic heterocycles. The number of nitrogens with one attached hydrogen (secondary N) is 1. The highest BCUT2D eigenvalue weighted by atomic mass is 19.1. The van der Waals surface area contributed by atoms with Crippen LogP contribution in [0.1, 0.15) is 12.5 Å². The molecule has 0 radical (unpaired) electrons. The highest BCUT2D eigenvalue weighted by Crippen LogP contribution is 2.10. The quantitative estimate of drug-likeness (QED) is 0.589. The summed E-state index contributed by atoms with van der Waals surface area (Å²) in [6, 6.07) is 3.37. The fourth-order valence-corrected chi connectivity index (χ4v) is 1.06. The summed E-state index contributed by atoms with van der Waals surface area (Å²) in [5.41, 5.74) is 5.77. The van der Waals surface area contributed by atoms with Crippen LogP contribution in [0.4, 0.5) is 8.78 Å². The van der Waals surface area contributed by atoms with E-state index in [1.165, 1.54) is 12.1 Å². The molecule has 3 N–H and O–H groups in total. The Kier molecular flexibility index (Phi) is 4.03. The summed E-state index contributed by atoms with van der Waals surface area (Å²) in [5.74, 6) is -0.954. The third-order valence-electron chi connectivity index (χ3n) is 1.79. The van der Waals surface area contributed by atoms with Crippen molar-refractivity contribution in [2.24, 2.45) is 10.7 Å². The van der Waals surface area contributed by atoms with Crippen molar-refractivity contribution in [3.8, 4) is 0 Å². The van der Waals surface area contributed by atoms with E-state index in [4.69, 9.17) is 5.73 Å². The van der Waals surface area contributed by atoms with Crippen LogP contribution in [-0.2, 0) is 6.54 Å². The summed E-state index contributed by atoms with van der Waals surface area (Å²) in [7, 11) is 0. The van der Waals surface area contributed by atoms with E-state index in [0.29, 0.717) is 12.1 Å². The Morgan fingerprint density at radius 2 is 2.20 bits per heavy atom. The monoisotopic (exact) mass is 213 g/mol. The zero-order valence-corrected chi connectivity index (χ0v) is 8.43. The number of nitrogens with two attached hydrogens (primary N) is 1. The van der Waals surface area contributed by atoms with Gasteiger partial charge in [0.2, 0.25) is 0 Å². The van der Waals surface area contributed by atoms with Gasteiger partial charge in [0.25, 0.3) is 0 Å². The van der Waals surface area contributed by atoms with Crippen LogP contribution in [0.5, 0.6) is 0 Å². The molecular weight excluding hydrogens is 200 g/mol. The van der Waals surface area contributed by atoms with Crippen molar-refractivity contribution >= 4 is 5.96 Å². The maximum Gasteiger partial charge on any atom is 0.188 e. The first-order chi connectivity index (χ1) is 7.13. The Labute approximate surface area is 87.0 Å². The normalized spacial score (nSPS) is 11.5. The van der Waals surface area contributed by atoms with Crippen LogP contribution in [0.3, 0.4) is 0 Å². The van der Waals surface area contributed by atoms with Crippen LogP contribution in [-0.4, -0.2) is 12.5 Å². The lowest BCUT2D eigenvalue weighted by Gasteiger charge is -2.02. The second-order valence-electron chi connectivity index (χ2n) is 2.97. The molecule has 0 saturated carbocycles. The van der Waals surface area contributed by atoms with E-state index in [1.54, 1.807) is 0 Å². The van der Waals surface area contributed by atoms with Crippen molar-refractivity contribution in [1.82, 2.24) is 5.32 Å². The number of benzene rings is 1. The molecule has 0 aromatic heterocycles. The molecule has 82 valence electrons. The SMILES string of the molecule is CCNC(N)=NCc1ccc(F)cc1F. The third-order valence-corrected chi connectivity index (χ3v) is 1.79. The zero-order chi connectivity index (χ0) is 11.3. The lowest BCUT2D eigenvalue weighted by molar-refractivity contribution is 0.572. The Morgan fingerprint density at radius 1 is 1.47 bits per heavy atom. The first kappa shape index (κ1) is 11.4. The average Bonchev–Trinajstić information content (AvgIpc) is 2.17. The summed E-state index contributed by atoms with van der Waals surface area (Å²) >= 11 is 0. The van der Waals surface area contributed by atoms with Crippen LogP contribution >= 0.6 is 0 Å². The lowest BCUT2D eigenvalue weighted by Crippen LogP contribution is -2.31. The molecule has 0 aliphatic rings. The first-order valence-corrected chi connectivity index (χ1v) is 4.61. The van der Waals surface area contributed by atoms with E-state index < -0.39 is 11.6 Å². The molecule has 0 amide bonds. The lowest BCUT2D eigenvalue weighted by atomic mass is 10.2. The Balaban J connectivity index is 2.69. The molecule has 15 heavy (non-hydrogen) atoms. The number of rotatable bonds is 3. The van der Waals surface area contributed by atoms with Gasteiger partial charge in [0.15, 0.2) is 5.96 Å². The van der Waals surface area contributed by atoms with Gasteiger partial charge in [-0.05, 0) is 13.0 Å². The van der Waals surface area contributed by atoms with Gasteiger partial charge in [0.05, 0.1) is 6.54 Å². The van der Waals surface area contributed by atoms with Gasteiger partial charge in [-0.3, -0.25) is 0 Å². The van der Waals surface area contributed by atoms with E-state index in [2.05, 4.69) is 10.3 Å². The maximum atomic E-state index is 13.1. The largest absolute Gasteiger partial charge is 0.370 e. The number of nitrogens with zero attached hydrogens (tertiary/aromatic N) is 1. The molecule has 0 fully saturated rings. The van der Waals surface area contributed by atoms with Gasteiger partial charge in [-0.25, -0.2) is 13.8 Å². The van der Waals surface area contributed by atoms with Gasteiger partial charge in [0.1, 0.15) is 11.6 Å². The minimum Gasteiger partial charge on any atom is -0.370 e. The molecule has 1 aromatic rings. The summed E-state index contributed by atoms with van der Waals surface area (Å²) < 4.78 is 25.7. The molecule has 3 nitrogen and oxygen atoms in total. The topological polar surface area (TPSA) is 50.4 Å². The molecule has 0 unspecified atom stereocenters. The molecule has 0 atom stereocenters. The molecule has 0 bridgehead atoms. The first-order valence-electron chi connectivity index (χ1n) is 4.61.